The van der Waals surface area contributed by atoms with Gasteiger partial charge >= 0.3 is 5.97 Å². The molecule has 112 valence electrons. The molecular weight excluding hydrogens is 242 g/mol. The number of carboxylic acids is 1. The monoisotopic (exact) mass is 271 g/mol. The molecule has 4 heteroatoms. The first-order valence-corrected chi connectivity index (χ1v) is 7.39. The minimum Gasteiger partial charge on any atom is -0.481 e. The summed E-state index contributed by atoms with van der Waals surface area (Å²) < 4.78 is 0. The van der Waals surface area contributed by atoms with Crippen molar-refractivity contribution in [1.82, 2.24) is 5.32 Å². The average Bonchev–Trinajstić information content (AvgIpc) is 2.37. The van der Waals surface area contributed by atoms with Crippen LogP contribution in [-0.2, 0) is 9.59 Å². The highest BCUT2D eigenvalue weighted by atomic mass is 16.4. The van der Waals surface area contributed by atoms with Gasteiger partial charge in [0.2, 0.25) is 5.91 Å². The molecule has 0 aliphatic carbocycles. The van der Waals surface area contributed by atoms with Crippen molar-refractivity contribution in [2.45, 2.75) is 72.8 Å². The molecule has 0 saturated heterocycles. The zero-order chi connectivity index (χ0) is 15.1. The molecule has 0 heterocycles. The molecule has 0 radical (unpaired) electrons. The highest BCUT2D eigenvalue weighted by molar-refractivity contribution is 5.85. The van der Waals surface area contributed by atoms with Crippen LogP contribution in [0.1, 0.15) is 66.7 Å². The number of aliphatic carboxylic acids is 1. The second-order valence-corrected chi connectivity index (χ2v) is 5.40. The standard InChI is InChI=1S/C15H29NO3/c1-6-12(7-2)11(5)16-13(17)10-15(8-3,9-4)14(18)19/h11-12H,6-10H2,1-5H3,(H,16,17)(H,18,19). The van der Waals surface area contributed by atoms with Gasteiger partial charge in [-0.25, -0.2) is 0 Å². The van der Waals surface area contributed by atoms with Gasteiger partial charge in [0.25, 0.3) is 0 Å². The SMILES string of the molecule is CCC(CC)C(C)NC(=O)CC(CC)(CC)C(=O)O. The van der Waals surface area contributed by atoms with E-state index in [2.05, 4.69) is 19.2 Å². The van der Waals surface area contributed by atoms with E-state index in [9.17, 15) is 14.7 Å². The van der Waals surface area contributed by atoms with Gasteiger partial charge in [0.15, 0.2) is 0 Å². The first kappa shape index (κ1) is 17.9. The number of hydrogen-bond donors (Lipinski definition) is 2. The van der Waals surface area contributed by atoms with Crippen LogP contribution in [0.3, 0.4) is 0 Å². The quantitative estimate of drug-likeness (QED) is 0.676. The molecule has 1 atom stereocenters. The lowest BCUT2D eigenvalue weighted by Crippen LogP contribution is -2.42. The summed E-state index contributed by atoms with van der Waals surface area (Å²) in [6.07, 6.45) is 3.06. The Hall–Kier alpha value is -1.06. The summed E-state index contributed by atoms with van der Waals surface area (Å²) in [4.78, 5) is 23.4. The normalized spacial score (nSPS) is 13.4. The molecule has 0 fully saturated rings. The van der Waals surface area contributed by atoms with Crippen LogP contribution < -0.4 is 5.32 Å². The summed E-state index contributed by atoms with van der Waals surface area (Å²) in [6, 6.07) is 0.0997. The summed E-state index contributed by atoms with van der Waals surface area (Å²) in [5.74, 6) is -0.570. The van der Waals surface area contributed by atoms with Crippen LogP contribution in [0.25, 0.3) is 0 Å². The molecule has 2 N–H and O–H groups in total. The molecule has 0 saturated carbocycles. The Kier molecular flexibility index (Phi) is 7.72. The van der Waals surface area contributed by atoms with Crippen molar-refractivity contribution in [3.05, 3.63) is 0 Å². The third kappa shape index (κ3) is 4.84. The van der Waals surface area contributed by atoms with Gasteiger partial charge in [-0.2, -0.15) is 0 Å². The lowest BCUT2D eigenvalue weighted by atomic mass is 9.79. The van der Waals surface area contributed by atoms with Gasteiger partial charge in [-0.1, -0.05) is 40.5 Å². The van der Waals surface area contributed by atoms with Crippen LogP contribution in [0.2, 0.25) is 0 Å². The second kappa shape index (κ2) is 8.18. The maximum absolute atomic E-state index is 12.1. The number of carboxylic acid groups (broad SMARTS) is 1. The summed E-state index contributed by atoms with van der Waals surface area (Å²) >= 11 is 0. The molecule has 0 aliphatic heterocycles. The summed E-state index contributed by atoms with van der Waals surface area (Å²) in [7, 11) is 0. The lowest BCUT2D eigenvalue weighted by molar-refractivity contribution is -0.152. The predicted octanol–water partition coefficient (Wildman–Crippen LogP) is 3.21. The highest BCUT2D eigenvalue weighted by Gasteiger charge is 2.37. The molecule has 0 aromatic carbocycles. The Labute approximate surface area is 117 Å². The van der Waals surface area contributed by atoms with Gasteiger partial charge in [0, 0.05) is 12.5 Å². The van der Waals surface area contributed by atoms with Crippen molar-refractivity contribution in [1.29, 1.82) is 0 Å². The zero-order valence-corrected chi connectivity index (χ0v) is 13.0. The van der Waals surface area contributed by atoms with Gasteiger partial charge < -0.3 is 10.4 Å². The third-order valence-electron chi connectivity index (χ3n) is 4.45. The Balaban J connectivity index is 4.63. The first-order valence-electron chi connectivity index (χ1n) is 7.39. The predicted molar refractivity (Wildman–Crippen MR) is 76.9 cm³/mol. The molecule has 0 spiro atoms. The van der Waals surface area contributed by atoms with E-state index in [4.69, 9.17) is 0 Å². The van der Waals surface area contributed by atoms with Crippen molar-refractivity contribution in [2.24, 2.45) is 11.3 Å². The summed E-state index contributed by atoms with van der Waals surface area (Å²) in [6.45, 7) is 9.87. The van der Waals surface area contributed by atoms with Gasteiger partial charge in [0.05, 0.1) is 5.41 Å². The summed E-state index contributed by atoms with van der Waals surface area (Å²) in [5.41, 5.74) is -0.919. The van der Waals surface area contributed by atoms with Gasteiger partial charge in [-0.15, -0.1) is 0 Å². The largest absolute Gasteiger partial charge is 0.481 e. The van der Waals surface area contributed by atoms with Crippen LogP contribution in [0.5, 0.6) is 0 Å². The maximum atomic E-state index is 12.1. The number of carbonyl (C=O) groups is 2. The number of amides is 1. The maximum Gasteiger partial charge on any atom is 0.310 e. The number of carbonyl (C=O) groups excluding carboxylic acids is 1. The number of nitrogens with one attached hydrogen (secondary N) is 1. The van der Waals surface area contributed by atoms with E-state index in [1.165, 1.54) is 0 Å². The molecule has 0 bridgehead atoms. The van der Waals surface area contributed by atoms with E-state index in [0.717, 1.165) is 12.8 Å². The van der Waals surface area contributed by atoms with Crippen molar-refractivity contribution in [3.63, 3.8) is 0 Å². The van der Waals surface area contributed by atoms with E-state index in [1.807, 2.05) is 20.8 Å². The Morgan fingerprint density at radius 3 is 1.89 bits per heavy atom. The first-order chi connectivity index (χ1) is 8.86. The fourth-order valence-corrected chi connectivity index (χ4v) is 2.60. The fraction of sp³-hybridized carbons (Fsp3) is 0.867. The van der Waals surface area contributed by atoms with Gasteiger partial charge in [-0.3, -0.25) is 9.59 Å². The minimum atomic E-state index is -0.919. The van der Waals surface area contributed by atoms with E-state index in [1.54, 1.807) is 0 Å². The van der Waals surface area contributed by atoms with Crippen molar-refractivity contribution in [3.8, 4) is 0 Å². The molecule has 1 unspecified atom stereocenters. The smallest absolute Gasteiger partial charge is 0.310 e. The highest BCUT2D eigenvalue weighted by Crippen LogP contribution is 2.31. The molecule has 4 nitrogen and oxygen atoms in total. The third-order valence-corrected chi connectivity index (χ3v) is 4.45. The molecular formula is C15H29NO3. The zero-order valence-electron chi connectivity index (χ0n) is 13.0. The van der Waals surface area contributed by atoms with E-state index >= 15 is 0 Å². The van der Waals surface area contributed by atoms with Crippen LogP contribution >= 0.6 is 0 Å². The van der Waals surface area contributed by atoms with E-state index in [0.29, 0.717) is 18.8 Å². The Morgan fingerprint density at radius 2 is 1.58 bits per heavy atom. The van der Waals surface area contributed by atoms with Crippen LogP contribution in [0, 0.1) is 11.3 Å². The van der Waals surface area contributed by atoms with Crippen LogP contribution in [-0.4, -0.2) is 23.0 Å². The van der Waals surface area contributed by atoms with Crippen LogP contribution in [0.15, 0.2) is 0 Å². The Bertz CT molecular complexity index is 294. The number of hydrogen-bond acceptors (Lipinski definition) is 2. The molecule has 1 amide bonds. The van der Waals surface area contributed by atoms with Crippen LogP contribution in [0.4, 0.5) is 0 Å². The topological polar surface area (TPSA) is 66.4 Å². The lowest BCUT2D eigenvalue weighted by Gasteiger charge is -2.28. The molecule has 0 rings (SSSR count). The van der Waals surface area contributed by atoms with E-state index in [-0.39, 0.29) is 18.4 Å². The molecule has 0 aromatic heterocycles. The van der Waals surface area contributed by atoms with Crippen molar-refractivity contribution in [2.75, 3.05) is 0 Å². The minimum absolute atomic E-state index is 0.0693. The molecule has 0 aliphatic rings. The van der Waals surface area contributed by atoms with Gasteiger partial charge in [0.1, 0.15) is 0 Å². The van der Waals surface area contributed by atoms with E-state index < -0.39 is 11.4 Å². The van der Waals surface area contributed by atoms with Crippen molar-refractivity contribution < 1.29 is 14.7 Å². The van der Waals surface area contributed by atoms with Gasteiger partial charge in [-0.05, 0) is 25.7 Å². The summed E-state index contributed by atoms with van der Waals surface area (Å²) in [5, 5.41) is 12.3. The fourth-order valence-electron chi connectivity index (χ4n) is 2.60. The van der Waals surface area contributed by atoms with Crippen molar-refractivity contribution >= 4 is 11.9 Å². The number of rotatable bonds is 9. The Morgan fingerprint density at radius 1 is 1.11 bits per heavy atom. The molecule has 19 heavy (non-hydrogen) atoms. The average molecular weight is 271 g/mol. The second-order valence-electron chi connectivity index (χ2n) is 5.40. The molecule has 0 aromatic rings.